The number of nitrogen functional groups attached to an aromatic ring is 1. The van der Waals surface area contributed by atoms with Crippen molar-refractivity contribution in [2.24, 2.45) is 0 Å². The average Bonchev–Trinajstić information content (AvgIpc) is 3.18. The Morgan fingerprint density at radius 2 is 1.94 bits per heavy atom. The molecule has 9 nitrogen and oxygen atoms in total. The summed E-state index contributed by atoms with van der Waals surface area (Å²) in [6.45, 7) is 4.10. The Hall–Kier alpha value is -3.30. The monoisotopic (exact) mass is 446 g/mol. The Morgan fingerprint density at radius 3 is 2.65 bits per heavy atom. The second kappa shape index (κ2) is 11.8. The fourth-order valence-corrected chi connectivity index (χ4v) is 2.84. The summed E-state index contributed by atoms with van der Waals surface area (Å²) in [4.78, 5) is 11.9. The highest BCUT2D eigenvalue weighted by Crippen LogP contribution is 2.29. The zero-order valence-corrected chi connectivity index (χ0v) is 18.1. The smallest absolute Gasteiger partial charge is 0.277 e. The van der Waals surface area contributed by atoms with Crippen molar-refractivity contribution in [1.82, 2.24) is 20.9 Å². The van der Waals surface area contributed by atoms with E-state index in [0.29, 0.717) is 37.7 Å². The molecule has 0 bridgehead atoms. The summed E-state index contributed by atoms with van der Waals surface area (Å²) in [6, 6.07) is 14.0. The number of nitrogens with zero attached hydrogens (tertiary/aromatic N) is 2. The fraction of sp³-hybridized carbons (Fsp3) is 0.286. The first kappa shape index (κ1) is 24.0. The number of ether oxygens (including phenoxy) is 2. The summed E-state index contributed by atoms with van der Waals surface area (Å²) in [5.74, 6) is 0.905. The molecule has 0 atom stereocenters. The SMILES string of the molecule is COc1cc(CNCCNC(=O)c2nonc2N)ccc1OCc1cccc(C)c1.[Cl-]. The maximum atomic E-state index is 11.9. The van der Waals surface area contributed by atoms with Crippen molar-refractivity contribution in [2.75, 3.05) is 25.9 Å². The van der Waals surface area contributed by atoms with Gasteiger partial charge in [0.25, 0.3) is 5.91 Å². The van der Waals surface area contributed by atoms with Crippen molar-refractivity contribution in [2.45, 2.75) is 20.1 Å². The molecule has 1 amide bonds. The summed E-state index contributed by atoms with van der Waals surface area (Å²) in [7, 11) is 1.62. The number of hydrogen-bond acceptors (Lipinski definition) is 8. The van der Waals surface area contributed by atoms with Gasteiger partial charge in [-0.3, -0.25) is 4.79 Å². The molecule has 166 valence electrons. The third-order valence-electron chi connectivity index (χ3n) is 4.35. The average molecular weight is 447 g/mol. The highest BCUT2D eigenvalue weighted by Gasteiger charge is 2.14. The van der Waals surface area contributed by atoms with Crippen LogP contribution in [0.3, 0.4) is 0 Å². The molecule has 4 N–H and O–H groups in total. The lowest BCUT2D eigenvalue weighted by molar-refractivity contribution is -0.0000157. The van der Waals surface area contributed by atoms with Gasteiger partial charge in [0, 0.05) is 19.6 Å². The van der Waals surface area contributed by atoms with Gasteiger partial charge in [-0.2, -0.15) is 0 Å². The molecular weight excluding hydrogens is 422 g/mol. The molecule has 0 radical (unpaired) electrons. The Bertz CT molecular complexity index is 995. The minimum atomic E-state index is -0.424. The molecule has 0 saturated heterocycles. The van der Waals surface area contributed by atoms with E-state index in [1.807, 2.05) is 30.3 Å². The van der Waals surface area contributed by atoms with E-state index in [4.69, 9.17) is 15.2 Å². The highest BCUT2D eigenvalue weighted by atomic mass is 35.5. The van der Waals surface area contributed by atoms with Crippen molar-refractivity contribution >= 4 is 11.7 Å². The number of hydrogen-bond donors (Lipinski definition) is 3. The molecule has 1 aromatic heterocycles. The van der Waals surface area contributed by atoms with E-state index >= 15 is 0 Å². The third kappa shape index (κ3) is 6.87. The number of halogens is 1. The van der Waals surface area contributed by atoms with E-state index in [1.54, 1.807) is 7.11 Å². The molecule has 0 unspecified atom stereocenters. The fourth-order valence-electron chi connectivity index (χ4n) is 2.84. The lowest BCUT2D eigenvalue weighted by atomic mass is 10.1. The maximum absolute atomic E-state index is 11.9. The van der Waals surface area contributed by atoms with Crippen LogP contribution in [-0.4, -0.2) is 36.4 Å². The van der Waals surface area contributed by atoms with Gasteiger partial charge in [-0.15, -0.1) is 0 Å². The van der Waals surface area contributed by atoms with E-state index in [0.717, 1.165) is 11.1 Å². The molecule has 3 rings (SSSR count). The second-order valence-corrected chi connectivity index (χ2v) is 6.69. The molecular formula is C21H25ClN5O4-. The number of methoxy groups -OCH3 is 1. The number of benzene rings is 2. The molecule has 0 spiro atoms. The standard InChI is InChI=1S/C21H25N5O4.ClH/c1-14-4-3-5-16(10-14)13-29-17-7-6-15(11-18(17)28-2)12-23-8-9-24-21(27)19-20(22)26-30-25-19;/h3-7,10-11,23H,8-9,12-13H2,1-2H3,(H2,22,26)(H,24,27);1H/p-1. The minimum absolute atomic E-state index is 0. The normalized spacial score (nSPS) is 10.3. The number of carbonyl (C=O) groups excluding carboxylic acids is 1. The first-order valence-corrected chi connectivity index (χ1v) is 9.49. The predicted octanol–water partition coefficient (Wildman–Crippen LogP) is -0.929. The topological polar surface area (TPSA) is 125 Å². The lowest BCUT2D eigenvalue weighted by Gasteiger charge is -2.13. The van der Waals surface area contributed by atoms with E-state index in [2.05, 4.69) is 44.6 Å². The molecule has 0 saturated carbocycles. The van der Waals surface area contributed by atoms with Gasteiger partial charge in [-0.05, 0) is 40.5 Å². The number of nitrogens with one attached hydrogen (secondary N) is 2. The summed E-state index contributed by atoms with van der Waals surface area (Å²) in [6.07, 6.45) is 0. The van der Waals surface area contributed by atoms with Gasteiger partial charge in [-0.1, -0.05) is 35.9 Å². The molecule has 2 aromatic carbocycles. The Kier molecular flexibility index (Phi) is 9.11. The van der Waals surface area contributed by atoms with Crippen LogP contribution in [0.5, 0.6) is 11.5 Å². The molecule has 0 aliphatic heterocycles. The number of anilines is 1. The van der Waals surface area contributed by atoms with E-state index in [-0.39, 0.29) is 23.9 Å². The Labute approximate surface area is 186 Å². The summed E-state index contributed by atoms with van der Waals surface area (Å²) in [5, 5.41) is 12.8. The first-order chi connectivity index (χ1) is 14.6. The Balaban J connectivity index is 0.00000341. The van der Waals surface area contributed by atoms with E-state index in [1.165, 1.54) is 5.56 Å². The third-order valence-corrected chi connectivity index (χ3v) is 4.35. The highest BCUT2D eigenvalue weighted by molar-refractivity contribution is 5.95. The van der Waals surface area contributed by atoms with Crippen LogP contribution in [0.25, 0.3) is 0 Å². The van der Waals surface area contributed by atoms with Gasteiger partial charge in [-0.25, -0.2) is 4.63 Å². The van der Waals surface area contributed by atoms with Crippen LogP contribution in [0, 0.1) is 6.92 Å². The van der Waals surface area contributed by atoms with Gasteiger partial charge < -0.3 is 38.2 Å². The molecule has 0 aliphatic carbocycles. The minimum Gasteiger partial charge on any atom is -1.00 e. The summed E-state index contributed by atoms with van der Waals surface area (Å²) in [5.41, 5.74) is 8.80. The number of carbonyl (C=O) groups is 1. The van der Waals surface area contributed by atoms with Gasteiger partial charge in [0.1, 0.15) is 6.61 Å². The molecule has 0 fully saturated rings. The van der Waals surface area contributed by atoms with Crippen LogP contribution in [0.15, 0.2) is 47.1 Å². The van der Waals surface area contributed by atoms with Gasteiger partial charge >= 0.3 is 0 Å². The van der Waals surface area contributed by atoms with Crippen LogP contribution in [-0.2, 0) is 13.2 Å². The van der Waals surface area contributed by atoms with Gasteiger partial charge in [0.05, 0.1) is 7.11 Å². The summed E-state index contributed by atoms with van der Waals surface area (Å²) < 4.78 is 15.8. The number of nitrogens with two attached hydrogens (primary N) is 1. The largest absolute Gasteiger partial charge is 1.00 e. The van der Waals surface area contributed by atoms with Crippen molar-refractivity contribution in [3.05, 3.63) is 64.8 Å². The van der Waals surface area contributed by atoms with E-state index < -0.39 is 5.91 Å². The van der Waals surface area contributed by atoms with Crippen LogP contribution < -0.4 is 38.2 Å². The van der Waals surface area contributed by atoms with E-state index in [9.17, 15) is 4.79 Å². The number of aryl methyl sites for hydroxylation is 1. The van der Waals surface area contributed by atoms with Crippen molar-refractivity contribution in [3.8, 4) is 11.5 Å². The van der Waals surface area contributed by atoms with Gasteiger partial charge in [0.2, 0.25) is 11.5 Å². The quantitative estimate of drug-likeness (QED) is 0.341. The van der Waals surface area contributed by atoms with Crippen LogP contribution >= 0.6 is 0 Å². The second-order valence-electron chi connectivity index (χ2n) is 6.69. The molecule has 10 heteroatoms. The maximum Gasteiger partial charge on any atom is 0.277 e. The molecule has 31 heavy (non-hydrogen) atoms. The van der Waals surface area contributed by atoms with Crippen molar-refractivity contribution in [3.63, 3.8) is 0 Å². The Morgan fingerprint density at radius 1 is 1.10 bits per heavy atom. The lowest BCUT2D eigenvalue weighted by Crippen LogP contribution is -3.00. The number of aromatic nitrogens is 2. The predicted molar refractivity (Wildman–Crippen MR) is 111 cm³/mol. The van der Waals surface area contributed by atoms with Crippen molar-refractivity contribution in [1.29, 1.82) is 0 Å². The zero-order valence-electron chi connectivity index (χ0n) is 17.4. The van der Waals surface area contributed by atoms with Crippen LogP contribution in [0.4, 0.5) is 5.82 Å². The molecule has 1 heterocycles. The molecule has 0 aliphatic rings. The molecule has 3 aromatic rings. The van der Waals surface area contributed by atoms with Crippen LogP contribution in [0.2, 0.25) is 0 Å². The summed E-state index contributed by atoms with van der Waals surface area (Å²) >= 11 is 0. The van der Waals surface area contributed by atoms with Gasteiger partial charge in [0.15, 0.2) is 11.5 Å². The number of rotatable bonds is 10. The van der Waals surface area contributed by atoms with Crippen molar-refractivity contribution < 1.29 is 31.3 Å². The first-order valence-electron chi connectivity index (χ1n) is 9.49. The van der Waals surface area contributed by atoms with Crippen LogP contribution in [0.1, 0.15) is 27.2 Å². The zero-order chi connectivity index (χ0) is 21.3. The number of amides is 1.